The third-order valence-corrected chi connectivity index (χ3v) is 7.69. The van der Waals surface area contributed by atoms with Crippen LogP contribution in [0.1, 0.15) is 38.5 Å². The number of carbonyl (C=O) groups excluding carboxylic acids is 4. The second-order valence-electron chi connectivity index (χ2n) is 9.18. The Kier molecular flexibility index (Phi) is 4.81. The molecule has 3 saturated carbocycles. The van der Waals surface area contributed by atoms with E-state index in [4.69, 9.17) is 4.74 Å². The average molecular weight is 402 g/mol. The summed E-state index contributed by atoms with van der Waals surface area (Å²) >= 11 is 0. The highest BCUT2D eigenvalue weighted by molar-refractivity contribution is 5.98. The predicted octanol–water partition coefficient (Wildman–Crippen LogP) is 2.04. The number of cyclic esters (lactones) is 4. The molecule has 29 heavy (non-hydrogen) atoms. The standard InChI is InChI=1S/C9H10O3.C9H8O3.C4H8O/c2*10-8-6-4-1-2-5(3-4)7(6)9(11)12-8;1-2-4-5-3-1/h4-7H,1-3H2;1-2,4-7H,3H2;1-4H2/t2*4-,5+,6-,7+;. The fourth-order valence-electron chi connectivity index (χ4n) is 6.42. The molecule has 156 valence electrons. The zero-order valence-corrected chi connectivity index (χ0v) is 16.3. The summed E-state index contributed by atoms with van der Waals surface area (Å²) in [6.07, 6.45) is 10.9. The first-order valence-electron chi connectivity index (χ1n) is 10.8. The van der Waals surface area contributed by atoms with E-state index in [1.165, 1.54) is 12.8 Å². The molecular formula is C22H26O7. The van der Waals surface area contributed by atoms with Gasteiger partial charge in [-0.15, -0.1) is 0 Å². The lowest BCUT2D eigenvalue weighted by Crippen LogP contribution is -2.24. The van der Waals surface area contributed by atoms with Gasteiger partial charge in [0.25, 0.3) is 0 Å². The summed E-state index contributed by atoms with van der Waals surface area (Å²) in [4.78, 5) is 44.8. The van der Waals surface area contributed by atoms with Crippen LogP contribution in [0.3, 0.4) is 0 Å². The summed E-state index contributed by atoms with van der Waals surface area (Å²) in [6, 6.07) is 0. The van der Waals surface area contributed by atoms with Gasteiger partial charge in [-0.1, -0.05) is 12.2 Å². The number of esters is 4. The maximum absolute atomic E-state index is 11.2. The van der Waals surface area contributed by atoms with Crippen molar-refractivity contribution in [3.05, 3.63) is 12.2 Å². The van der Waals surface area contributed by atoms with E-state index in [1.54, 1.807) is 0 Å². The van der Waals surface area contributed by atoms with Gasteiger partial charge in [-0.2, -0.15) is 0 Å². The van der Waals surface area contributed by atoms with Crippen molar-refractivity contribution in [3.63, 3.8) is 0 Å². The van der Waals surface area contributed by atoms with Crippen LogP contribution in [0.25, 0.3) is 0 Å². The first-order valence-corrected chi connectivity index (χ1v) is 10.8. The number of hydrogen-bond acceptors (Lipinski definition) is 7. The van der Waals surface area contributed by atoms with E-state index in [1.807, 2.05) is 12.2 Å². The number of hydrogen-bond donors (Lipinski definition) is 0. The van der Waals surface area contributed by atoms with Crippen LogP contribution < -0.4 is 0 Å². The Labute approximate surface area is 169 Å². The topological polar surface area (TPSA) is 96.0 Å². The summed E-state index contributed by atoms with van der Waals surface area (Å²) in [5.41, 5.74) is 0. The van der Waals surface area contributed by atoms with Crippen LogP contribution in [0, 0.1) is 47.3 Å². The minimum absolute atomic E-state index is 0.0590. The van der Waals surface area contributed by atoms with E-state index >= 15 is 0 Å². The minimum atomic E-state index is -0.304. The van der Waals surface area contributed by atoms with Crippen LogP contribution in [-0.2, 0) is 33.4 Å². The number of ether oxygens (including phenoxy) is 3. The third-order valence-electron chi connectivity index (χ3n) is 7.69. The Hall–Kier alpha value is -2.02. The van der Waals surface area contributed by atoms with Gasteiger partial charge in [-0.05, 0) is 62.2 Å². The van der Waals surface area contributed by atoms with Crippen molar-refractivity contribution in [1.29, 1.82) is 0 Å². The number of allylic oxidation sites excluding steroid dienone is 2. The molecule has 0 spiro atoms. The van der Waals surface area contributed by atoms with Crippen LogP contribution in [0.2, 0.25) is 0 Å². The molecule has 0 aromatic rings. The van der Waals surface area contributed by atoms with Gasteiger partial charge < -0.3 is 14.2 Å². The molecule has 7 aliphatic rings. The van der Waals surface area contributed by atoms with Crippen LogP contribution in [0.15, 0.2) is 12.2 Å². The fourth-order valence-corrected chi connectivity index (χ4v) is 6.42. The van der Waals surface area contributed by atoms with Crippen molar-refractivity contribution in [2.45, 2.75) is 38.5 Å². The highest BCUT2D eigenvalue weighted by atomic mass is 16.6. The van der Waals surface area contributed by atoms with Crippen molar-refractivity contribution in [2.24, 2.45) is 47.3 Å². The monoisotopic (exact) mass is 402 g/mol. The molecular weight excluding hydrogens is 376 g/mol. The van der Waals surface area contributed by atoms with Crippen molar-refractivity contribution in [3.8, 4) is 0 Å². The molecule has 3 heterocycles. The van der Waals surface area contributed by atoms with Crippen LogP contribution in [0.4, 0.5) is 0 Å². The summed E-state index contributed by atoms with van der Waals surface area (Å²) in [6.45, 7) is 2.00. The number of rotatable bonds is 0. The number of carbonyl (C=O) groups is 4. The van der Waals surface area contributed by atoms with E-state index in [9.17, 15) is 19.2 Å². The van der Waals surface area contributed by atoms with E-state index in [0.717, 1.165) is 38.9 Å². The molecule has 7 nitrogen and oxygen atoms in total. The summed E-state index contributed by atoms with van der Waals surface area (Å²) < 4.78 is 14.2. The second kappa shape index (κ2) is 7.35. The highest BCUT2D eigenvalue weighted by Gasteiger charge is 2.60. The highest BCUT2D eigenvalue weighted by Crippen LogP contribution is 2.55. The second-order valence-corrected chi connectivity index (χ2v) is 9.18. The Morgan fingerprint density at radius 3 is 1.48 bits per heavy atom. The fraction of sp³-hybridized carbons (Fsp3) is 0.727. The zero-order chi connectivity index (χ0) is 20.1. The number of fused-ring (bicyclic) bond motifs is 10. The Balaban J connectivity index is 0.000000102. The van der Waals surface area contributed by atoms with E-state index < -0.39 is 0 Å². The summed E-state index contributed by atoms with van der Waals surface area (Å²) in [7, 11) is 0. The molecule has 0 N–H and O–H groups in total. The minimum Gasteiger partial charge on any atom is -0.393 e. The van der Waals surface area contributed by atoms with Gasteiger partial charge in [-0.25, -0.2) is 0 Å². The molecule has 3 saturated heterocycles. The van der Waals surface area contributed by atoms with Gasteiger partial charge in [0.1, 0.15) is 0 Å². The molecule has 0 aromatic carbocycles. The maximum atomic E-state index is 11.2. The van der Waals surface area contributed by atoms with E-state index in [0.29, 0.717) is 11.8 Å². The van der Waals surface area contributed by atoms with Crippen molar-refractivity contribution in [1.82, 2.24) is 0 Å². The largest absolute Gasteiger partial charge is 0.393 e. The Morgan fingerprint density at radius 1 is 0.621 bits per heavy atom. The van der Waals surface area contributed by atoms with E-state index in [2.05, 4.69) is 9.47 Å². The molecule has 7 heteroatoms. The van der Waals surface area contributed by atoms with E-state index in [-0.39, 0.29) is 59.4 Å². The molecule has 8 atom stereocenters. The molecule has 4 bridgehead atoms. The molecule has 4 aliphatic carbocycles. The van der Waals surface area contributed by atoms with Gasteiger partial charge in [0.2, 0.25) is 0 Å². The van der Waals surface area contributed by atoms with Crippen molar-refractivity contribution < 1.29 is 33.4 Å². The summed E-state index contributed by atoms with van der Waals surface area (Å²) in [5.74, 6) is -0.0543. The van der Waals surface area contributed by atoms with Gasteiger partial charge >= 0.3 is 23.9 Å². The SMILES string of the molecule is C1CCOC1.O=C1OC(=O)[C@H]2[C@@H]1[C@H]1C=C[C@@H]2C1.O=C1OC(=O)[C@H]2[C@H]3CC[C@H](C3)[C@@H]12. The average Bonchev–Trinajstić information content (AvgIpc) is 3.54. The molecule has 0 aromatic heterocycles. The normalized spacial score (nSPS) is 44.7. The van der Waals surface area contributed by atoms with Gasteiger partial charge in [-0.3, -0.25) is 19.2 Å². The zero-order valence-electron chi connectivity index (χ0n) is 16.3. The maximum Gasteiger partial charge on any atom is 0.318 e. The molecule has 0 radical (unpaired) electrons. The Morgan fingerprint density at radius 2 is 1.07 bits per heavy atom. The lowest BCUT2D eigenvalue weighted by molar-refractivity contribution is -0.156. The molecule has 7 rings (SSSR count). The lowest BCUT2D eigenvalue weighted by Gasteiger charge is -2.17. The predicted molar refractivity (Wildman–Crippen MR) is 97.8 cm³/mol. The molecule has 0 amide bonds. The third kappa shape index (κ3) is 3.14. The first kappa shape index (κ1) is 19.0. The lowest BCUT2D eigenvalue weighted by atomic mass is 9.81. The van der Waals surface area contributed by atoms with Crippen LogP contribution in [-0.4, -0.2) is 37.1 Å². The smallest absolute Gasteiger partial charge is 0.318 e. The quantitative estimate of drug-likeness (QED) is 0.347. The summed E-state index contributed by atoms with van der Waals surface area (Å²) in [5, 5.41) is 0. The van der Waals surface area contributed by atoms with Crippen LogP contribution >= 0.6 is 0 Å². The molecule has 0 unspecified atom stereocenters. The van der Waals surface area contributed by atoms with Gasteiger partial charge in [0, 0.05) is 13.2 Å². The van der Waals surface area contributed by atoms with Crippen molar-refractivity contribution >= 4 is 23.9 Å². The van der Waals surface area contributed by atoms with Crippen molar-refractivity contribution in [2.75, 3.05) is 13.2 Å². The molecule has 6 fully saturated rings. The van der Waals surface area contributed by atoms with Crippen LogP contribution in [0.5, 0.6) is 0 Å². The molecule has 3 aliphatic heterocycles. The first-order chi connectivity index (χ1) is 14.0. The van der Waals surface area contributed by atoms with Gasteiger partial charge in [0.15, 0.2) is 0 Å². The Bertz CT molecular complexity index is 706. The van der Waals surface area contributed by atoms with Gasteiger partial charge in [0.05, 0.1) is 23.7 Å².